The molecular formula is C20H29NO6S4. The van der Waals surface area contributed by atoms with E-state index in [0.717, 1.165) is 10.2 Å². The second-order valence-electron chi connectivity index (χ2n) is 7.28. The van der Waals surface area contributed by atoms with Crippen molar-refractivity contribution in [3.05, 3.63) is 24.3 Å². The van der Waals surface area contributed by atoms with Gasteiger partial charge in [0.1, 0.15) is 6.10 Å². The van der Waals surface area contributed by atoms with Crippen LogP contribution in [0.5, 0.6) is 0 Å². The SMILES string of the molecule is CCCCS(=O)(=O)CC(CS(=O)(=O)CCCC)OC(=O)CSc1nc2ccccc2s1. The largest absolute Gasteiger partial charge is 0.460 e. The minimum Gasteiger partial charge on any atom is -0.460 e. The van der Waals surface area contributed by atoms with Crippen LogP contribution in [-0.2, 0) is 29.2 Å². The average Bonchev–Trinajstić information content (AvgIpc) is 3.11. The average molecular weight is 508 g/mol. The molecule has 0 radical (unpaired) electrons. The van der Waals surface area contributed by atoms with Crippen molar-refractivity contribution in [3.8, 4) is 0 Å². The van der Waals surface area contributed by atoms with Gasteiger partial charge in [-0.05, 0) is 25.0 Å². The van der Waals surface area contributed by atoms with E-state index in [0.29, 0.717) is 30.0 Å². The van der Waals surface area contributed by atoms with Crippen LogP contribution < -0.4 is 0 Å². The molecular weight excluding hydrogens is 478 g/mol. The molecule has 0 atom stereocenters. The van der Waals surface area contributed by atoms with Crippen molar-refractivity contribution in [2.24, 2.45) is 0 Å². The second-order valence-corrected chi connectivity index (χ2v) is 14.0. The molecule has 0 aliphatic rings. The van der Waals surface area contributed by atoms with Gasteiger partial charge in [0.15, 0.2) is 24.0 Å². The first-order valence-electron chi connectivity index (χ1n) is 10.2. The molecule has 174 valence electrons. The number of unbranched alkanes of at least 4 members (excludes halogenated alkanes) is 2. The monoisotopic (exact) mass is 507 g/mol. The van der Waals surface area contributed by atoms with Crippen LogP contribution in [0.3, 0.4) is 0 Å². The Hall–Kier alpha value is -1.17. The van der Waals surface area contributed by atoms with E-state index in [2.05, 4.69) is 4.98 Å². The fourth-order valence-corrected chi connectivity index (χ4v) is 8.13. The minimum absolute atomic E-state index is 0.0486. The molecule has 0 aliphatic heterocycles. The number of thioether (sulfide) groups is 1. The molecule has 1 aromatic heterocycles. The summed E-state index contributed by atoms with van der Waals surface area (Å²) in [5.74, 6) is -1.77. The summed E-state index contributed by atoms with van der Waals surface area (Å²) in [5.41, 5.74) is 0.838. The van der Waals surface area contributed by atoms with E-state index in [1.165, 1.54) is 23.1 Å². The van der Waals surface area contributed by atoms with Crippen LogP contribution in [0.1, 0.15) is 39.5 Å². The molecule has 2 aromatic rings. The number of carbonyl (C=O) groups is 1. The van der Waals surface area contributed by atoms with Gasteiger partial charge in [-0.15, -0.1) is 11.3 Å². The Bertz CT molecular complexity index is 989. The highest BCUT2D eigenvalue weighted by atomic mass is 32.2. The Morgan fingerprint density at radius 2 is 1.61 bits per heavy atom. The number of carbonyl (C=O) groups excluding carboxylic acids is 1. The number of esters is 1. The maximum absolute atomic E-state index is 12.4. The summed E-state index contributed by atoms with van der Waals surface area (Å²) in [7, 11) is -7.05. The van der Waals surface area contributed by atoms with E-state index >= 15 is 0 Å². The Balaban J connectivity index is 2.02. The van der Waals surface area contributed by atoms with Crippen LogP contribution in [0.4, 0.5) is 0 Å². The number of hydrogen-bond acceptors (Lipinski definition) is 9. The molecule has 0 unspecified atom stereocenters. The zero-order chi connectivity index (χ0) is 22.9. The quantitative estimate of drug-likeness (QED) is 0.281. The minimum atomic E-state index is -3.52. The number of para-hydroxylation sites is 1. The van der Waals surface area contributed by atoms with Crippen molar-refractivity contribution >= 4 is 59.0 Å². The molecule has 1 heterocycles. The number of benzene rings is 1. The fraction of sp³-hybridized carbons (Fsp3) is 0.600. The number of hydrogen-bond donors (Lipinski definition) is 0. The van der Waals surface area contributed by atoms with Crippen LogP contribution in [0.15, 0.2) is 28.6 Å². The second kappa shape index (κ2) is 12.2. The topological polar surface area (TPSA) is 107 Å². The Morgan fingerprint density at radius 1 is 1.03 bits per heavy atom. The normalized spacial score (nSPS) is 12.5. The van der Waals surface area contributed by atoms with E-state index in [4.69, 9.17) is 4.74 Å². The van der Waals surface area contributed by atoms with Crippen LogP contribution in [0.25, 0.3) is 10.2 Å². The number of rotatable bonds is 14. The summed E-state index contributed by atoms with van der Waals surface area (Å²) in [5, 5.41) is 0. The summed E-state index contributed by atoms with van der Waals surface area (Å²) < 4.78 is 56.5. The van der Waals surface area contributed by atoms with Gasteiger partial charge >= 0.3 is 5.97 Å². The first-order valence-corrected chi connectivity index (χ1v) is 15.7. The van der Waals surface area contributed by atoms with Crippen LogP contribution in [0.2, 0.25) is 0 Å². The zero-order valence-electron chi connectivity index (χ0n) is 17.8. The Kier molecular flexibility index (Phi) is 10.2. The maximum Gasteiger partial charge on any atom is 0.316 e. The van der Waals surface area contributed by atoms with E-state index in [1.54, 1.807) is 0 Å². The number of ether oxygens (including phenoxy) is 1. The van der Waals surface area contributed by atoms with Crippen LogP contribution in [0, 0.1) is 0 Å². The van der Waals surface area contributed by atoms with E-state index in [1.807, 2.05) is 38.1 Å². The lowest BCUT2D eigenvalue weighted by Gasteiger charge is -2.18. The summed E-state index contributed by atoms with van der Waals surface area (Å²) in [4.78, 5) is 16.8. The molecule has 2 rings (SSSR count). The molecule has 0 fully saturated rings. The van der Waals surface area contributed by atoms with E-state index in [9.17, 15) is 21.6 Å². The fourth-order valence-electron chi connectivity index (χ4n) is 2.83. The predicted octanol–water partition coefficient (Wildman–Crippen LogP) is 3.73. The third-order valence-electron chi connectivity index (χ3n) is 4.38. The summed E-state index contributed by atoms with van der Waals surface area (Å²) in [6, 6.07) is 7.61. The van der Waals surface area contributed by atoms with Crippen LogP contribution >= 0.6 is 23.1 Å². The lowest BCUT2D eigenvalue weighted by Crippen LogP contribution is -2.35. The van der Waals surface area contributed by atoms with Gasteiger partial charge in [-0.3, -0.25) is 4.79 Å². The lowest BCUT2D eigenvalue weighted by molar-refractivity contribution is -0.143. The van der Waals surface area contributed by atoms with Crippen molar-refractivity contribution in [1.29, 1.82) is 0 Å². The Morgan fingerprint density at radius 3 is 2.16 bits per heavy atom. The molecule has 0 saturated carbocycles. The highest BCUT2D eigenvalue weighted by Crippen LogP contribution is 2.29. The van der Waals surface area contributed by atoms with Gasteiger partial charge in [0.2, 0.25) is 0 Å². The van der Waals surface area contributed by atoms with Crippen molar-refractivity contribution in [3.63, 3.8) is 0 Å². The molecule has 0 saturated heterocycles. The van der Waals surface area contributed by atoms with E-state index in [-0.39, 0.29) is 17.3 Å². The molecule has 0 amide bonds. The van der Waals surface area contributed by atoms with Crippen molar-refractivity contribution in [2.45, 2.75) is 50.0 Å². The molecule has 0 bridgehead atoms. The number of aromatic nitrogens is 1. The van der Waals surface area contributed by atoms with Crippen molar-refractivity contribution in [2.75, 3.05) is 28.8 Å². The molecule has 0 aliphatic carbocycles. The van der Waals surface area contributed by atoms with Gasteiger partial charge in [0.25, 0.3) is 0 Å². The molecule has 1 aromatic carbocycles. The highest BCUT2D eigenvalue weighted by Gasteiger charge is 2.28. The van der Waals surface area contributed by atoms with E-state index < -0.39 is 43.3 Å². The molecule has 7 nitrogen and oxygen atoms in total. The third-order valence-corrected chi connectivity index (χ3v) is 10.1. The van der Waals surface area contributed by atoms with Crippen molar-refractivity contribution < 1.29 is 26.4 Å². The summed E-state index contributed by atoms with van der Waals surface area (Å²) in [6.07, 6.45) is 1.18. The number of thiazole rings is 1. The first kappa shape index (κ1) is 26.1. The van der Waals surface area contributed by atoms with Gasteiger partial charge in [0, 0.05) is 0 Å². The van der Waals surface area contributed by atoms with Gasteiger partial charge in [-0.2, -0.15) is 0 Å². The Labute approximate surface area is 192 Å². The lowest BCUT2D eigenvalue weighted by atomic mass is 10.3. The molecule has 11 heteroatoms. The number of nitrogens with zero attached hydrogens (tertiary/aromatic N) is 1. The highest BCUT2D eigenvalue weighted by molar-refractivity contribution is 8.01. The summed E-state index contributed by atoms with van der Waals surface area (Å²) >= 11 is 2.64. The number of fused-ring (bicyclic) bond motifs is 1. The zero-order valence-corrected chi connectivity index (χ0v) is 21.0. The van der Waals surface area contributed by atoms with Gasteiger partial charge < -0.3 is 4.74 Å². The molecule has 0 spiro atoms. The molecule has 31 heavy (non-hydrogen) atoms. The van der Waals surface area contributed by atoms with Crippen LogP contribution in [-0.4, -0.2) is 62.7 Å². The molecule has 0 N–H and O–H groups in total. The van der Waals surface area contributed by atoms with Gasteiger partial charge in [-0.1, -0.05) is 50.6 Å². The van der Waals surface area contributed by atoms with Crippen molar-refractivity contribution in [1.82, 2.24) is 4.98 Å². The van der Waals surface area contributed by atoms with Gasteiger partial charge in [-0.25, -0.2) is 21.8 Å². The van der Waals surface area contributed by atoms with Gasteiger partial charge in [0.05, 0.1) is 39.0 Å². The third kappa shape index (κ3) is 9.46. The summed E-state index contributed by atoms with van der Waals surface area (Å²) in [6.45, 7) is 3.75. The number of sulfone groups is 2. The predicted molar refractivity (Wildman–Crippen MR) is 127 cm³/mol. The standard InChI is InChI=1S/C20H29NO6S4/c1-3-5-11-30(23,24)14-16(15-31(25,26)12-6-4-2)27-19(22)13-28-20-21-17-9-7-8-10-18(17)29-20/h7-10,16H,3-6,11-15H2,1-2H3. The maximum atomic E-state index is 12.4. The smallest absolute Gasteiger partial charge is 0.316 e. The first-order chi connectivity index (χ1) is 14.6.